The summed E-state index contributed by atoms with van der Waals surface area (Å²) in [5, 5.41) is 11.2. The van der Waals surface area contributed by atoms with Crippen molar-refractivity contribution in [3.8, 4) is 5.75 Å². The normalized spacial score (nSPS) is 12.0. The van der Waals surface area contributed by atoms with Crippen LogP contribution in [0.3, 0.4) is 0 Å². The number of nitro groups is 1. The van der Waals surface area contributed by atoms with Gasteiger partial charge in [0.15, 0.2) is 0 Å². The molecule has 22 heavy (non-hydrogen) atoms. The first-order valence-electron chi connectivity index (χ1n) is 7.18. The van der Waals surface area contributed by atoms with Gasteiger partial charge in [0.2, 0.25) is 0 Å². The quantitative estimate of drug-likeness (QED) is 0.675. The Balaban J connectivity index is 2.36. The third kappa shape index (κ3) is 3.26. The van der Waals surface area contributed by atoms with Gasteiger partial charge in [-0.05, 0) is 49.6 Å². The van der Waals surface area contributed by atoms with Crippen LogP contribution in [0.1, 0.15) is 35.2 Å². The lowest BCUT2D eigenvalue weighted by molar-refractivity contribution is -0.385. The largest absolute Gasteiger partial charge is 0.494 e. The monoisotopic (exact) mass is 300 g/mol. The van der Waals surface area contributed by atoms with Crippen LogP contribution in [0.5, 0.6) is 5.75 Å². The molecule has 5 nitrogen and oxygen atoms in total. The topological polar surface area (TPSA) is 78.4 Å². The van der Waals surface area contributed by atoms with E-state index in [9.17, 15) is 10.1 Å². The predicted octanol–water partition coefficient (Wildman–Crippen LogP) is 3.66. The van der Waals surface area contributed by atoms with Crippen molar-refractivity contribution in [3.63, 3.8) is 0 Å². The maximum absolute atomic E-state index is 11.2. The summed E-state index contributed by atoms with van der Waals surface area (Å²) in [6.45, 7) is 6.14. The number of rotatable bonds is 5. The van der Waals surface area contributed by atoms with E-state index in [0.29, 0.717) is 12.2 Å². The van der Waals surface area contributed by atoms with Crippen LogP contribution in [0.4, 0.5) is 5.69 Å². The van der Waals surface area contributed by atoms with Crippen LogP contribution in [-0.2, 0) is 0 Å². The highest BCUT2D eigenvalue weighted by Crippen LogP contribution is 2.29. The molecule has 2 rings (SSSR count). The lowest BCUT2D eigenvalue weighted by Gasteiger charge is -2.15. The summed E-state index contributed by atoms with van der Waals surface area (Å²) in [5.74, 6) is 0.782. The van der Waals surface area contributed by atoms with Gasteiger partial charge in [0.25, 0.3) is 5.69 Å². The van der Waals surface area contributed by atoms with Gasteiger partial charge in [-0.25, -0.2) is 0 Å². The average Bonchev–Trinajstić information content (AvgIpc) is 2.50. The molecule has 0 aliphatic rings. The molecule has 0 radical (unpaired) electrons. The molecule has 2 aromatic carbocycles. The van der Waals surface area contributed by atoms with Gasteiger partial charge < -0.3 is 10.5 Å². The van der Waals surface area contributed by atoms with Crippen molar-refractivity contribution in [2.24, 2.45) is 5.73 Å². The van der Waals surface area contributed by atoms with Crippen molar-refractivity contribution in [3.05, 3.63) is 68.8 Å². The van der Waals surface area contributed by atoms with Gasteiger partial charge in [-0.3, -0.25) is 10.1 Å². The van der Waals surface area contributed by atoms with Gasteiger partial charge in [0.1, 0.15) is 5.75 Å². The molecule has 0 saturated carbocycles. The molecule has 0 saturated heterocycles. The first-order valence-corrected chi connectivity index (χ1v) is 7.18. The molecular formula is C17H20N2O3. The molecule has 0 spiro atoms. The number of hydrogen-bond donors (Lipinski definition) is 1. The lowest BCUT2D eigenvalue weighted by Crippen LogP contribution is -2.13. The van der Waals surface area contributed by atoms with E-state index < -0.39 is 6.04 Å². The van der Waals surface area contributed by atoms with Gasteiger partial charge in [-0.15, -0.1) is 0 Å². The molecule has 5 heteroatoms. The molecule has 0 aliphatic heterocycles. The Kier molecular flexibility index (Phi) is 4.78. The van der Waals surface area contributed by atoms with Crippen LogP contribution in [0.2, 0.25) is 0 Å². The summed E-state index contributed by atoms with van der Waals surface area (Å²) < 4.78 is 5.40. The molecule has 1 unspecified atom stereocenters. The Bertz CT molecular complexity index is 681. The van der Waals surface area contributed by atoms with Crippen LogP contribution in [-0.4, -0.2) is 11.5 Å². The first kappa shape index (κ1) is 16.0. The minimum absolute atomic E-state index is 0.108. The number of nitro benzene ring substituents is 1. The molecule has 1 atom stereocenters. The third-order valence-corrected chi connectivity index (χ3v) is 3.77. The highest BCUT2D eigenvalue weighted by Gasteiger charge is 2.18. The van der Waals surface area contributed by atoms with E-state index in [2.05, 4.69) is 0 Å². The smallest absolute Gasteiger partial charge is 0.272 e. The number of nitrogens with two attached hydrogens (primary N) is 1. The molecule has 0 aromatic heterocycles. The van der Waals surface area contributed by atoms with Gasteiger partial charge >= 0.3 is 0 Å². The Morgan fingerprint density at radius 3 is 2.36 bits per heavy atom. The van der Waals surface area contributed by atoms with E-state index in [-0.39, 0.29) is 10.6 Å². The Morgan fingerprint density at radius 1 is 1.18 bits per heavy atom. The van der Waals surface area contributed by atoms with Crippen molar-refractivity contribution in [2.45, 2.75) is 26.8 Å². The van der Waals surface area contributed by atoms with Crippen molar-refractivity contribution in [1.82, 2.24) is 0 Å². The summed E-state index contributed by atoms with van der Waals surface area (Å²) in [5.41, 5.74) is 9.54. The maximum atomic E-state index is 11.2. The number of benzene rings is 2. The van der Waals surface area contributed by atoms with Gasteiger partial charge in [-0.2, -0.15) is 0 Å². The molecule has 0 bridgehead atoms. The van der Waals surface area contributed by atoms with Gasteiger partial charge in [0, 0.05) is 11.6 Å². The summed E-state index contributed by atoms with van der Waals surface area (Å²) in [4.78, 5) is 10.8. The third-order valence-electron chi connectivity index (χ3n) is 3.77. The van der Waals surface area contributed by atoms with Crippen molar-refractivity contribution in [1.29, 1.82) is 0 Å². The standard InChI is InChI=1S/C17H20N2O3/c1-4-22-15-7-5-13(6-8-15)17(18)14-9-11(2)12(3)16(10-14)19(20)21/h5-10,17H,4,18H2,1-3H3. The summed E-state index contributed by atoms with van der Waals surface area (Å²) in [6.07, 6.45) is 0. The average molecular weight is 300 g/mol. The molecule has 0 fully saturated rings. The summed E-state index contributed by atoms with van der Waals surface area (Å²) in [6, 6.07) is 10.5. The second kappa shape index (κ2) is 6.58. The molecular weight excluding hydrogens is 280 g/mol. The van der Waals surface area contributed by atoms with Crippen LogP contribution in [0.25, 0.3) is 0 Å². The fourth-order valence-corrected chi connectivity index (χ4v) is 2.37. The Hall–Kier alpha value is -2.40. The van der Waals surface area contributed by atoms with Crippen LogP contribution in [0, 0.1) is 24.0 Å². The predicted molar refractivity (Wildman–Crippen MR) is 86.2 cm³/mol. The van der Waals surface area contributed by atoms with Crippen LogP contribution < -0.4 is 10.5 Å². The molecule has 0 aliphatic carbocycles. The zero-order valence-corrected chi connectivity index (χ0v) is 13.0. The van der Waals surface area contributed by atoms with Crippen molar-refractivity contribution < 1.29 is 9.66 Å². The molecule has 2 aromatic rings. The minimum Gasteiger partial charge on any atom is -0.494 e. The van der Waals surface area contributed by atoms with E-state index in [0.717, 1.165) is 22.4 Å². The molecule has 0 amide bonds. The Morgan fingerprint density at radius 2 is 1.82 bits per heavy atom. The number of nitrogens with zero attached hydrogens (tertiary/aromatic N) is 1. The lowest BCUT2D eigenvalue weighted by atomic mass is 9.95. The number of aryl methyl sites for hydroxylation is 1. The molecule has 0 heterocycles. The van der Waals surface area contributed by atoms with Crippen molar-refractivity contribution in [2.75, 3.05) is 6.61 Å². The second-order valence-corrected chi connectivity index (χ2v) is 5.22. The highest BCUT2D eigenvalue weighted by molar-refractivity contribution is 5.50. The van der Waals surface area contributed by atoms with E-state index in [1.807, 2.05) is 44.2 Å². The maximum Gasteiger partial charge on any atom is 0.272 e. The van der Waals surface area contributed by atoms with Gasteiger partial charge in [-0.1, -0.05) is 18.2 Å². The van der Waals surface area contributed by atoms with E-state index in [4.69, 9.17) is 10.5 Å². The number of hydrogen-bond acceptors (Lipinski definition) is 4. The van der Waals surface area contributed by atoms with Gasteiger partial charge in [0.05, 0.1) is 17.6 Å². The van der Waals surface area contributed by atoms with E-state index in [1.54, 1.807) is 13.0 Å². The van der Waals surface area contributed by atoms with E-state index in [1.165, 1.54) is 0 Å². The highest BCUT2D eigenvalue weighted by atomic mass is 16.6. The summed E-state index contributed by atoms with van der Waals surface area (Å²) >= 11 is 0. The minimum atomic E-state index is -0.409. The SMILES string of the molecule is CCOc1ccc(C(N)c2cc(C)c(C)c([N+](=O)[O-])c2)cc1. The van der Waals surface area contributed by atoms with E-state index >= 15 is 0 Å². The molecule has 2 N–H and O–H groups in total. The summed E-state index contributed by atoms with van der Waals surface area (Å²) in [7, 11) is 0. The fourth-order valence-electron chi connectivity index (χ4n) is 2.37. The zero-order chi connectivity index (χ0) is 16.3. The number of ether oxygens (including phenoxy) is 1. The fraction of sp³-hybridized carbons (Fsp3) is 0.294. The van der Waals surface area contributed by atoms with Crippen LogP contribution >= 0.6 is 0 Å². The first-order chi connectivity index (χ1) is 10.4. The molecule has 116 valence electrons. The Labute approximate surface area is 129 Å². The van der Waals surface area contributed by atoms with Crippen LogP contribution in [0.15, 0.2) is 36.4 Å². The second-order valence-electron chi connectivity index (χ2n) is 5.22. The zero-order valence-electron chi connectivity index (χ0n) is 13.0. The van der Waals surface area contributed by atoms with Crippen molar-refractivity contribution >= 4 is 5.69 Å².